The van der Waals surface area contributed by atoms with Gasteiger partial charge in [0.1, 0.15) is 0 Å². The predicted molar refractivity (Wildman–Crippen MR) is 82.0 cm³/mol. The highest BCUT2D eigenvalue weighted by Gasteiger charge is 2.31. The van der Waals surface area contributed by atoms with Crippen molar-refractivity contribution in [3.63, 3.8) is 0 Å². The van der Waals surface area contributed by atoms with Gasteiger partial charge in [0.25, 0.3) is 0 Å². The first-order chi connectivity index (χ1) is 10.3. The highest BCUT2D eigenvalue weighted by molar-refractivity contribution is 7.84. The molecule has 22 heavy (non-hydrogen) atoms. The molecule has 1 aliphatic rings. The number of rotatable bonds is 5. The van der Waals surface area contributed by atoms with Gasteiger partial charge in [-0.15, -0.1) is 0 Å². The van der Waals surface area contributed by atoms with E-state index in [1.54, 1.807) is 13.0 Å². The lowest BCUT2D eigenvalue weighted by atomic mass is 9.96. The second-order valence-corrected chi connectivity index (χ2v) is 7.18. The smallest absolute Gasteiger partial charge is 0.363 e. The van der Waals surface area contributed by atoms with Crippen molar-refractivity contribution in [2.45, 2.75) is 45.1 Å². The molecule has 0 aromatic heterocycles. The Morgan fingerprint density at radius 1 is 1.27 bits per heavy atom. The molecule has 0 spiro atoms. The van der Waals surface area contributed by atoms with E-state index in [2.05, 4.69) is 0 Å². The Morgan fingerprint density at radius 3 is 2.50 bits per heavy atom. The Bertz CT molecular complexity index is 653. The molecule has 0 amide bonds. The van der Waals surface area contributed by atoms with Gasteiger partial charge in [-0.05, 0) is 31.4 Å². The van der Waals surface area contributed by atoms with E-state index in [1.165, 1.54) is 23.5 Å². The minimum Gasteiger partial charge on any atom is -0.363 e. The Kier molecular flexibility index (Phi) is 5.02. The van der Waals surface area contributed by atoms with E-state index in [0.717, 1.165) is 32.1 Å². The predicted octanol–water partition coefficient (Wildman–Crippen LogP) is 2.79. The van der Waals surface area contributed by atoms with Crippen molar-refractivity contribution in [2.24, 2.45) is 0 Å². The van der Waals surface area contributed by atoms with Crippen molar-refractivity contribution in [1.82, 2.24) is 4.31 Å². The zero-order valence-electron chi connectivity index (χ0n) is 12.7. The lowest BCUT2D eigenvalue weighted by Crippen LogP contribution is -2.40. The third kappa shape index (κ3) is 3.75. The van der Waals surface area contributed by atoms with Crippen molar-refractivity contribution in [1.29, 1.82) is 0 Å². The van der Waals surface area contributed by atoms with Crippen LogP contribution in [0.2, 0.25) is 0 Å². The van der Waals surface area contributed by atoms with Gasteiger partial charge in [0, 0.05) is 19.2 Å². The summed E-state index contributed by atoms with van der Waals surface area (Å²) < 4.78 is 30.9. The monoisotopic (exact) mass is 328 g/mol. The van der Waals surface area contributed by atoms with Crippen LogP contribution in [0, 0.1) is 17.0 Å². The SMILES string of the molecule is Cc1ccc(OS(=O)(=O)N(C)C2CCCCC2)c([N+](=O)[O-])c1. The minimum atomic E-state index is -4.05. The summed E-state index contributed by atoms with van der Waals surface area (Å²) in [6, 6.07) is 4.09. The molecule has 0 bridgehead atoms. The van der Waals surface area contributed by atoms with Gasteiger partial charge in [0.05, 0.1) is 4.92 Å². The van der Waals surface area contributed by atoms with Crippen LogP contribution < -0.4 is 4.18 Å². The van der Waals surface area contributed by atoms with Gasteiger partial charge in [-0.1, -0.05) is 25.3 Å². The second-order valence-electron chi connectivity index (χ2n) is 5.58. The molecule has 1 saturated carbocycles. The van der Waals surface area contributed by atoms with Crippen molar-refractivity contribution < 1.29 is 17.5 Å². The summed E-state index contributed by atoms with van der Waals surface area (Å²) in [4.78, 5) is 10.4. The Morgan fingerprint density at radius 2 is 1.91 bits per heavy atom. The Balaban J connectivity index is 2.23. The molecule has 7 nitrogen and oxygen atoms in total. The van der Waals surface area contributed by atoms with Crippen LogP contribution >= 0.6 is 0 Å². The average molecular weight is 328 g/mol. The van der Waals surface area contributed by atoms with E-state index in [-0.39, 0.29) is 17.5 Å². The third-order valence-corrected chi connectivity index (χ3v) is 5.34. The zero-order valence-corrected chi connectivity index (χ0v) is 13.5. The summed E-state index contributed by atoms with van der Waals surface area (Å²) in [6.45, 7) is 1.69. The molecule has 1 aromatic rings. The van der Waals surface area contributed by atoms with Gasteiger partial charge in [-0.3, -0.25) is 10.1 Å². The van der Waals surface area contributed by atoms with Crippen LogP contribution in [-0.4, -0.2) is 30.7 Å². The fraction of sp³-hybridized carbons (Fsp3) is 0.571. The maximum Gasteiger partial charge on any atom is 0.385 e. The Hall–Kier alpha value is -1.67. The summed E-state index contributed by atoms with van der Waals surface area (Å²) >= 11 is 0. The third-order valence-electron chi connectivity index (χ3n) is 3.95. The minimum absolute atomic E-state index is 0.108. The highest BCUT2D eigenvalue weighted by atomic mass is 32.2. The highest BCUT2D eigenvalue weighted by Crippen LogP contribution is 2.31. The molecule has 8 heteroatoms. The van der Waals surface area contributed by atoms with E-state index in [9.17, 15) is 18.5 Å². The van der Waals surface area contributed by atoms with Crippen molar-refractivity contribution >= 4 is 16.0 Å². The summed E-state index contributed by atoms with van der Waals surface area (Å²) in [5, 5.41) is 11.0. The number of hydrogen-bond acceptors (Lipinski definition) is 5. The molecule has 122 valence electrons. The molecule has 0 unspecified atom stereocenters. The number of hydrogen-bond donors (Lipinski definition) is 0. The summed E-state index contributed by atoms with van der Waals surface area (Å²) in [5.41, 5.74) is 0.317. The van der Waals surface area contributed by atoms with Crippen molar-refractivity contribution in [3.8, 4) is 5.75 Å². The quantitative estimate of drug-likeness (QED) is 0.612. The molecule has 2 rings (SSSR count). The topological polar surface area (TPSA) is 89.8 Å². The summed E-state index contributed by atoms with van der Waals surface area (Å²) in [5.74, 6) is -0.252. The van der Waals surface area contributed by atoms with Crippen LogP contribution in [0.3, 0.4) is 0 Å². The van der Waals surface area contributed by atoms with Crippen molar-refractivity contribution in [3.05, 3.63) is 33.9 Å². The molecule has 0 saturated heterocycles. The first-order valence-electron chi connectivity index (χ1n) is 7.24. The molecular weight excluding hydrogens is 308 g/mol. The van der Waals surface area contributed by atoms with Gasteiger partial charge in [0.15, 0.2) is 0 Å². The maximum absolute atomic E-state index is 12.3. The number of nitro groups is 1. The lowest BCUT2D eigenvalue weighted by molar-refractivity contribution is -0.385. The van der Waals surface area contributed by atoms with Crippen molar-refractivity contribution in [2.75, 3.05) is 7.05 Å². The van der Waals surface area contributed by atoms with Crippen LogP contribution in [0.15, 0.2) is 18.2 Å². The number of benzene rings is 1. The van der Waals surface area contributed by atoms with E-state index >= 15 is 0 Å². The van der Waals surface area contributed by atoms with Gasteiger partial charge < -0.3 is 4.18 Å². The number of aryl methyl sites for hydroxylation is 1. The molecular formula is C14H20N2O5S. The lowest BCUT2D eigenvalue weighted by Gasteiger charge is -2.29. The number of nitrogens with zero attached hydrogens (tertiary/aromatic N) is 2. The molecule has 0 N–H and O–H groups in total. The van der Waals surface area contributed by atoms with E-state index in [4.69, 9.17) is 4.18 Å². The van der Waals surface area contributed by atoms with E-state index in [0.29, 0.717) is 5.56 Å². The van der Waals surface area contributed by atoms with Crippen LogP contribution in [0.5, 0.6) is 5.75 Å². The second kappa shape index (κ2) is 6.62. The first kappa shape index (κ1) is 16.7. The fourth-order valence-electron chi connectivity index (χ4n) is 2.64. The van der Waals surface area contributed by atoms with Gasteiger partial charge in [-0.25, -0.2) is 0 Å². The normalized spacial score (nSPS) is 16.7. The van der Waals surface area contributed by atoms with Crippen LogP contribution in [0.25, 0.3) is 0 Å². The van der Waals surface area contributed by atoms with Gasteiger partial charge >= 0.3 is 16.0 Å². The largest absolute Gasteiger partial charge is 0.385 e. The molecule has 1 fully saturated rings. The molecule has 0 heterocycles. The first-order valence-corrected chi connectivity index (χ1v) is 8.60. The number of nitro benzene ring substituents is 1. The van der Waals surface area contributed by atoms with Gasteiger partial charge in [-0.2, -0.15) is 12.7 Å². The average Bonchev–Trinajstić information content (AvgIpc) is 2.48. The van der Waals surface area contributed by atoms with Crippen LogP contribution in [0.1, 0.15) is 37.7 Å². The molecule has 1 aliphatic carbocycles. The van der Waals surface area contributed by atoms with Crippen LogP contribution in [-0.2, 0) is 10.3 Å². The van der Waals surface area contributed by atoms with E-state index in [1.807, 2.05) is 0 Å². The Labute approximate surface area is 130 Å². The summed E-state index contributed by atoms with van der Waals surface area (Å²) in [6.07, 6.45) is 4.64. The molecule has 0 radical (unpaired) electrons. The van der Waals surface area contributed by atoms with Crippen LogP contribution in [0.4, 0.5) is 5.69 Å². The zero-order chi connectivity index (χ0) is 16.3. The summed E-state index contributed by atoms with van der Waals surface area (Å²) in [7, 11) is -2.59. The standard InChI is InChI=1S/C14H20N2O5S/c1-11-8-9-14(13(10-11)16(17)18)21-22(19,20)15(2)12-6-4-3-5-7-12/h8-10,12H,3-7H2,1-2H3. The fourth-order valence-corrected chi connectivity index (χ4v) is 3.70. The molecule has 0 atom stereocenters. The molecule has 0 aliphatic heterocycles. The molecule has 1 aromatic carbocycles. The maximum atomic E-state index is 12.3. The van der Waals surface area contributed by atoms with E-state index < -0.39 is 15.2 Å². The van der Waals surface area contributed by atoms with Gasteiger partial charge in [0.2, 0.25) is 5.75 Å².